The maximum absolute atomic E-state index is 12.4. The zero-order valence-electron chi connectivity index (χ0n) is 12.1. The van der Waals surface area contributed by atoms with Crippen LogP contribution in [0, 0.1) is 6.92 Å². The Bertz CT molecular complexity index is 642. The van der Waals surface area contributed by atoms with Gasteiger partial charge in [0.05, 0.1) is 31.2 Å². The molecule has 2 heterocycles. The van der Waals surface area contributed by atoms with Crippen LogP contribution >= 0.6 is 11.6 Å². The van der Waals surface area contributed by atoms with E-state index >= 15 is 0 Å². The van der Waals surface area contributed by atoms with Gasteiger partial charge in [-0.3, -0.25) is 13.9 Å². The van der Waals surface area contributed by atoms with E-state index in [-0.39, 0.29) is 25.5 Å². The van der Waals surface area contributed by atoms with Crippen LogP contribution in [-0.4, -0.2) is 55.3 Å². The summed E-state index contributed by atoms with van der Waals surface area (Å²) in [7, 11) is 0. The van der Waals surface area contributed by atoms with Gasteiger partial charge in [-0.15, -0.1) is 11.6 Å². The molecule has 1 fully saturated rings. The Morgan fingerprint density at radius 1 is 1.50 bits per heavy atom. The molecule has 0 aliphatic carbocycles. The number of rotatable bonds is 5. The number of hydrogen-bond acceptors (Lipinski definition) is 6. The molecule has 1 saturated heterocycles. The third-order valence-corrected chi connectivity index (χ3v) is 3.99. The minimum atomic E-state index is -1.03. The van der Waals surface area contributed by atoms with Gasteiger partial charge in [0.25, 0.3) is 5.56 Å². The largest absolute Gasteiger partial charge is 0.394 e. The summed E-state index contributed by atoms with van der Waals surface area (Å²) in [5, 5.41) is 28.4. The van der Waals surface area contributed by atoms with E-state index in [1.54, 1.807) is 0 Å². The minimum absolute atomic E-state index is 0.106. The summed E-state index contributed by atoms with van der Waals surface area (Å²) in [5.74, 6) is -0.106. The highest BCUT2D eigenvalue weighted by Crippen LogP contribution is 2.27. The van der Waals surface area contributed by atoms with Gasteiger partial charge in [-0.1, -0.05) is 0 Å². The molecule has 0 aromatic carbocycles. The van der Waals surface area contributed by atoms with Crippen molar-refractivity contribution in [1.82, 2.24) is 9.13 Å². The van der Waals surface area contributed by atoms with Crippen molar-refractivity contribution >= 4 is 11.6 Å². The van der Waals surface area contributed by atoms with Crippen LogP contribution in [0.5, 0.6) is 0 Å². The molecule has 0 radical (unpaired) electrons. The minimum Gasteiger partial charge on any atom is -0.394 e. The highest BCUT2D eigenvalue weighted by Gasteiger charge is 2.35. The van der Waals surface area contributed by atoms with Crippen molar-refractivity contribution in [2.75, 3.05) is 12.5 Å². The van der Waals surface area contributed by atoms with Crippen molar-refractivity contribution in [3.63, 3.8) is 0 Å². The zero-order valence-corrected chi connectivity index (χ0v) is 12.8. The smallest absolute Gasteiger partial charge is 0.333 e. The van der Waals surface area contributed by atoms with Gasteiger partial charge in [0.1, 0.15) is 12.3 Å². The molecule has 1 aromatic heterocycles. The van der Waals surface area contributed by atoms with Crippen LogP contribution in [0.3, 0.4) is 0 Å². The predicted molar refractivity (Wildman–Crippen MR) is 78.0 cm³/mol. The van der Waals surface area contributed by atoms with Gasteiger partial charge < -0.3 is 20.1 Å². The van der Waals surface area contributed by atoms with Crippen molar-refractivity contribution in [2.24, 2.45) is 0 Å². The van der Waals surface area contributed by atoms with Gasteiger partial charge in [0, 0.05) is 18.2 Å². The number of halogens is 1. The first-order valence-electron chi connectivity index (χ1n) is 6.90. The van der Waals surface area contributed by atoms with Gasteiger partial charge in [-0.05, 0) is 6.92 Å². The molecule has 1 aromatic rings. The van der Waals surface area contributed by atoms with Crippen molar-refractivity contribution in [2.45, 2.75) is 44.4 Å². The zero-order chi connectivity index (χ0) is 16.4. The Kier molecular flexibility index (Phi) is 5.41. The molecule has 22 heavy (non-hydrogen) atoms. The average Bonchev–Trinajstić information content (AvgIpc) is 2.87. The molecule has 2 rings (SSSR count). The number of nitrogens with zero attached hydrogens (tertiary/aromatic N) is 2. The molecule has 3 N–H and O–H groups in total. The molecule has 124 valence electrons. The molecule has 0 saturated carbocycles. The first-order valence-corrected chi connectivity index (χ1v) is 7.43. The second-order valence-electron chi connectivity index (χ2n) is 5.34. The number of ether oxygens (including phenoxy) is 1. The van der Waals surface area contributed by atoms with E-state index in [1.165, 1.54) is 17.7 Å². The number of aliphatic hydroxyl groups is 3. The molecule has 1 aliphatic heterocycles. The molecule has 0 spiro atoms. The lowest BCUT2D eigenvalue weighted by Crippen LogP contribution is -2.44. The monoisotopic (exact) mass is 334 g/mol. The number of aromatic nitrogens is 2. The molecule has 4 atom stereocenters. The van der Waals surface area contributed by atoms with Gasteiger partial charge in [-0.25, -0.2) is 4.79 Å². The van der Waals surface area contributed by atoms with Gasteiger partial charge in [0.15, 0.2) is 0 Å². The Labute approximate surface area is 131 Å². The number of aryl methyl sites for hydroxylation is 1. The third kappa shape index (κ3) is 3.26. The standard InChI is InChI=1S/C13H19ClN2O6/c1-7-4-15(11-2-9(19)10(6-17)22-11)13(21)16(12(7)20)5-8(18)3-14/h4,8-11,17-19H,2-3,5-6H2,1H3. The van der Waals surface area contributed by atoms with Crippen molar-refractivity contribution in [3.8, 4) is 0 Å². The van der Waals surface area contributed by atoms with Gasteiger partial charge >= 0.3 is 5.69 Å². The van der Waals surface area contributed by atoms with Crippen molar-refractivity contribution in [3.05, 3.63) is 32.6 Å². The molecule has 9 heteroatoms. The normalized spacial score (nSPS) is 26.3. The Morgan fingerprint density at radius 3 is 2.73 bits per heavy atom. The van der Waals surface area contributed by atoms with E-state index < -0.39 is 35.8 Å². The summed E-state index contributed by atoms with van der Waals surface area (Å²) in [6, 6.07) is 0. The lowest BCUT2D eigenvalue weighted by Gasteiger charge is -2.18. The van der Waals surface area contributed by atoms with E-state index in [1.807, 2.05) is 0 Å². The molecule has 0 bridgehead atoms. The number of hydrogen-bond donors (Lipinski definition) is 3. The molecule has 4 unspecified atom stereocenters. The van der Waals surface area contributed by atoms with Crippen LogP contribution in [0.4, 0.5) is 0 Å². The molecular formula is C13H19ClN2O6. The van der Waals surface area contributed by atoms with E-state index in [2.05, 4.69) is 0 Å². The van der Waals surface area contributed by atoms with Gasteiger partial charge in [-0.2, -0.15) is 0 Å². The second kappa shape index (κ2) is 6.93. The number of alkyl halides is 1. The summed E-state index contributed by atoms with van der Waals surface area (Å²) in [6.07, 6.45) is -1.99. The highest BCUT2D eigenvalue weighted by atomic mass is 35.5. The quantitative estimate of drug-likeness (QED) is 0.568. The molecule has 8 nitrogen and oxygen atoms in total. The van der Waals surface area contributed by atoms with Crippen LogP contribution in [0.25, 0.3) is 0 Å². The fourth-order valence-corrected chi connectivity index (χ4v) is 2.53. The topological polar surface area (TPSA) is 114 Å². The van der Waals surface area contributed by atoms with Crippen molar-refractivity contribution < 1.29 is 20.1 Å². The first-order chi connectivity index (χ1) is 10.4. The third-order valence-electron chi connectivity index (χ3n) is 3.63. The first kappa shape index (κ1) is 17.2. The predicted octanol–water partition coefficient (Wildman–Crippen LogP) is -1.44. The fraction of sp³-hybridized carbons (Fsp3) is 0.692. The lowest BCUT2D eigenvalue weighted by molar-refractivity contribution is -0.0465. The Balaban J connectivity index is 2.42. The summed E-state index contributed by atoms with van der Waals surface area (Å²) in [4.78, 5) is 24.5. The Morgan fingerprint density at radius 2 is 2.18 bits per heavy atom. The van der Waals surface area contributed by atoms with E-state index in [0.29, 0.717) is 5.56 Å². The molecular weight excluding hydrogens is 316 g/mol. The fourth-order valence-electron chi connectivity index (χ4n) is 2.44. The van der Waals surface area contributed by atoms with Crippen LogP contribution in [0.2, 0.25) is 0 Å². The molecule has 1 aliphatic rings. The van der Waals surface area contributed by atoms with E-state index in [9.17, 15) is 19.8 Å². The summed E-state index contributed by atoms with van der Waals surface area (Å²) in [6.45, 7) is 0.953. The van der Waals surface area contributed by atoms with Crippen LogP contribution in [0.15, 0.2) is 15.8 Å². The highest BCUT2D eigenvalue weighted by molar-refractivity contribution is 6.18. The maximum atomic E-state index is 12.4. The Hall–Kier alpha value is -1.19. The van der Waals surface area contributed by atoms with E-state index in [0.717, 1.165) is 4.57 Å². The van der Waals surface area contributed by atoms with Crippen LogP contribution < -0.4 is 11.2 Å². The molecule has 0 amide bonds. The summed E-state index contributed by atoms with van der Waals surface area (Å²) >= 11 is 5.51. The van der Waals surface area contributed by atoms with Crippen LogP contribution in [0.1, 0.15) is 18.2 Å². The lowest BCUT2D eigenvalue weighted by atomic mass is 10.2. The van der Waals surface area contributed by atoms with Crippen molar-refractivity contribution in [1.29, 1.82) is 0 Å². The maximum Gasteiger partial charge on any atom is 0.333 e. The SMILES string of the molecule is Cc1cn(C2CC(O)C(CO)O2)c(=O)n(CC(O)CCl)c1=O. The second-order valence-corrected chi connectivity index (χ2v) is 5.65. The number of aliphatic hydroxyl groups excluding tert-OH is 3. The van der Waals surface area contributed by atoms with Gasteiger partial charge in [0.2, 0.25) is 0 Å². The summed E-state index contributed by atoms with van der Waals surface area (Å²) in [5.41, 5.74) is -0.870. The van der Waals surface area contributed by atoms with Crippen LogP contribution in [-0.2, 0) is 11.3 Å². The summed E-state index contributed by atoms with van der Waals surface area (Å²) < 4.78 is 7.51. The van der Waals surface area contributed by atoms with E-state index in [4.69, 9.17) is 21.4 Å². The average molecular weight is 335 g/mol.